The molecule has 0 N–H and O–H groups in total. The molecule has 5 nitrogen and oxygen atoms in total. The third kappa shape index (κ3) is 3.99. The van der Waals surface area contributed by atoms with Crippen LogP contribution in [0.2, 0.25) is 0 Å². The van der Waals surface area contributed by atoms with E-state index in [2.05, 4.69) is 27.8 Å². The first-order valence-corrected chi connectivity index (χ1v) is 8.37. The second-order valence-corrected chi connectivity index (χ2v) is 5.92. The van der Waals surface area contributed by atoms with E-state index in [1.807, 2.05) is 6.07 Å². The van der Waals surface area contributed by atoms with Crippen molar-refractivity contribution in [2.24, 2.45) is 0 Å². The Labute approximate surface area is 147 Å². The summed E-state index contributed by atoms with van der Waals surface area (Å²) in [4.78, 5) is 25.8. The molecule has 1 aliphatic rings. The maximum atomic E-state index is 12.1. The Hall–Kier alpha value is -2.82. The van der Waals surface area contributed by atoms with Crippen molar-refractivity contribution in [1.82, 2.24) is 0 Å². The number of carbonyl (C=O) groups is 2. The predicted molar refractivity (Wildman–Crippen MR) is 95.0 cm³/mol. The predicted octanol–water partition coefficient (Wildman–Crippen LogP) is 3.08. The summed E-state index contributed by atoms with van der Waals surface area (Å²) in [5, 5.41) is 0. The molecule has 1 heterocycles. The van der Waals surface area contributed by atoms with E-state index < -0.39 is 5.97 Å². The van der Waals surface area contributed by atoms with Crippen LogP contribution in [0, 0.1) is 0 Å². The molecular formula is C20H21NO4. The Morgan fingerprint density at radius 3 is 2.40 bits per heavy atom. The molecule has 2 aromatic carbocycles. The molecule has 0 fully saturated rings. The van der Waals surface area contributed by atoms with Crippen LogP contribution in [0.5, 0.6) is 0 Å². The molecule has 0 amide bonds. The lowest BCUT2D eigenvalue weighted by molar-refractivity contribution is 0.0512. The summed E-state index contributed by atoms with van der Waals surface area (Å²) in [6, 6.07) is 14.6. The van der Waals surface area contributed by atoms with E-state index in [1.54, 1.807) is 24.3 Å². The van der Waals surface area contributed by atoms with Crippen LogP contribution in [0.4, 0.5) is 5.69 Å². The Bertz CT molecular complexity index is 755. The quantitative estimate of drug-likeness (QED) is 0.784. The molecule has 1 aliphatic heterocycles. The lowest BCUT2D eigenvalue weighted by Gasteiger charge is -2.31. The van der Waals surface area contributed by atoms with Crippen molar-refractivity contribution in [1.29, 1.82) is 0 Å². The number of aryl methyl sites for hydroxylation is 1. The summed E-state index contributed by atoms with van der Waals surface area (Å²) in [5.41, 5.74) is 3.40. The normalized spacial score (nSPS) is 13.1. The number of nitrogens with zero attached hydrogens (tertiary/aromatic N) is 1. The van der Waals surface area contributed by atoms with Crippen molar-refractivity contribution in [3.05, 3.63) is 65.2 Å². The highest BCUT2D eigenvalue weighted by Crippen LogP contribution is 2.26. The molecule has 0 bridgehead atoms. The number of para-hydroxylation sites is 1. The molecule has 0 unspecified atom stereocenters. The summed E-state index contributed by atoms with van der Waals surface area (Å²) in [6.45, 7) is 1.97. The van der Waals surface area contributed by atoms with E-state index in [4.69, 9.17) is 4.74 Å². The van der Waals surface area contributed by atoms with Crippen molar-refractivity contribution < 1.29 is 19.1 Å². The Morgan fingerprint density at radius 2 is 1.68 bits per heavy atom. The number of ether oxygens (including phenoxy) is 2. The van der Waals surface area contributed by atoms with Gasteiger partial charge in [-0.25, -0.2) is 9.59 Å². The van der Waals surface area contributed by atoms with Crippen molar-refractivity contribution in [3.8, 4) is 0 Å². The first-order valence-electron chi connectivity index (χ1n) is 8.37. The zero-order chi connectivity index (χ0) is 17.6. The molecule has 2 aromatic rings. The second kappa shape index (κ2) is 7.83. The first-order chi connectivity index (χ1) is 12.2. The number of rotatable bonds is 5. The Kier molecular flexibility index (Phi) is 5.33. The Balaban J connectivity index is 1.54. The number of anilines is 1. The fourth-order valence-electron chi connectivity index (χ4n) is 3.04. The summed E-state index contributed by atoms with van der Waals surface area (Å²) < 4.78 is 10.0. The van der Waals surface area contributed by atoms with E-state index in [9.17, 15) is 9.59 Å². The second-order valence-electron chi connectivity index (χ2n) is 5.92. The number of methoxy groups -OCH3 is 1. The van der Waals surface area contributed by atoms with Gasteiger partial charge in [0.15, 0.2) is 0 Å². The summed E-state index contributed by atoms with van der Waals surface area (Å²) in [5.74, 6) is -0.814. The first kappa shape index (κ1) is 17.0. The van der Waals surface area contributed by atoms with Crippen LogP contribution in [-0.4, -0.2) is 38.7 Å². The highest BCUT2D eigenvalue weighted by Gasteiger charge is 2.16. The van der Waals surface area contributed by atoms with Gasteiger partial charge in [0.25, 0.3) is 0 Å². The summed E-state index contributed by atoms with van der Waals surface area (Å²) in [7, 11) is 1.32. The molecule has 0 saturated heterocycles. The van der Waals surface area contributed by atoms with Crippen molar-refractivity contribution in [3.63, 3.8) is 0 Å². The maximum absolute atomic E-state index is 12.1. The van der Waals surface area contributed by atoms with Crippen LogP contribution >= 0.6 is 0 Å². The van der Waals surface area contributed by atoms with Crippen LogP contribution in [0.25, 0.3) is 0 Å². The molecule has 0 saturated carbocycles. The SMILES string of the molecule is COC(=O)c1ccc(C(=O)OCCN2CCCc3ccccc32)cc1. The minimum Gasteiger partial charge on any atom is -0.465 e. The fraction of sp³-hybridized carbons (Fsp3) is 0.300. The van der Waals surface area contributed by atoms with Gasteiger partial charge >= 0.3 is 11.9 Å². The average molecular weight is 339 g/mol. The Morgan fingerprint density at radius 1 is 1.00 bits per heavy atom. The number of carbonyl (C=O) groups excluding carboxylic acids is 2. The monoisotopic (exact) mass is 339 g/mol. The zero-order valence-electron chi connectivity index (χ0n) is 14.2. The van der Waals surface area contributed by atoms with Gasteiger partial charge in [0.2, 0.25) is 0 Å². The van der Waals surface area contributed by atoms with E-state index in [1.165, 1.54) is 18.4 Å². The molecule has 3 rings (SSSR count). The van der Waals surface area contributed by atoms with Gasteiger partial charge in [0.05, 0.1) is 24.8 Å². The highest BCUT2D eigenvalue weighted by atomic mass is 16.5. The van der Waals surface area contributed by atoms with E-state index >= 15 is 0 Å². The van der Waals surface area contributed by atoms with Crippen LogP contribution in [0.3, 0.4) is 0 Å². The maximum Gasteiger partial charge on any atom is 0.338 e. The molecular weight excluding hydrogens is 318 g/mol. The van der Waals surface area contributed by atoms with Gasteiger partial charge in [-0.1, -0.05) is 18.2 Å². The number of hydrogen-bond donors (Lipinski definition) is 0. The molecule has 0 atom stereocenters. The molecule has 5 heteroatoms. The molecule has 0 spiro atoms. The number of hydrogen-bond acceptors (Lipinski definition) is 5. The van der Waals surface area contributed by atoms with Crippen LogP contribution in [0.15, 0.2) is 48.5 Å². The molecule has 0 aliphatic carbocycles. The van der Waals surface area contributed by atoms with Crippen molar-refractivity contribution >= 4 is 17.6 Å². The molecule has 0 radical (unpaired) electrons. The standard InChI is InChI=1S/C20H21NO4/c1-24-19(22)16-8-10-17(11-9-16)20(23)25-14-13-21-12-4-6-15-5-2-3-7-18(15)21/h2-3,5,7-11H,4,6,12-14H2,1H3. The number of fused-ring (bicyclic) bond motifs is 1. The lowest BCUT2D eigenvalue weighted by atomic mass is 10.0. The van der Waals surface area contributed by atoms with E-state index in [-0.39, 0.29) is 5.97 Å². The van der Waals surface area contributed by atoms with Crippen LogP contribution in [0.1, 0.15) is 32.7 Å². The van der Waals surface area contributed by atoms with Crippen LogP contribution < -0.4 is 4.90 Å². The third-order valence-electron chi connectivity index (χ3n) is 4.34. The number of esters is 2. The van der Waals surface area contributed by atoms with Gasteiger partial charge in [-0.15, -0.1) is 0 Å². The average Bonchev–Trinajstić information content (AvgIpc) is 2.67. The zero-order valence-corrected chi connectivity index (χ0v) is 14.2. The summed E-state index contributed by atoms with van der Waals surface area (Å²) in [6.07, 6.45) is 2.21. The van der Waals surface area contributed by atoms with Gasteiger partial charge < -0.3 is 14.4 Å². The lowest BCUT2D eigenvalue weighted by Crippen LogP contribution is -2.32. The fourth-order valence-corrected chi connectivity index (χ4v) is 3.04. The molecule has 0 aromatic heterocycles. The number of benzene rings is 2. The van der Waals surface area contributed by atoms with E-state index in [0.717, 1.165) is 19.4 Å². The highest BCUT2D eigenvalue weighted by molar-refractivity contribution is 5.93. The summed E-state index contributed by atoms with van der Waals surface area (Å²) >= 11 is 0. The van der Waals surface area contributed by atoms with E-state index in [0.29, 0.717) is 24.3 Å². The van der Waals surface area contributed by atoms with Gasteiger partial charge in [-0.3, -0.25) is 0 Å². The largest absolute Gasteiger partial charge is 0.465 e. The molecule has 130 valence electrons. The third-order valence-corrected chi connectivity index (χ3v) is 4.34. The smallest absolute Gasteiger partial charge is 0.338 e. The topological polar surface area (TPSA) is 55.8 Å². The van der Waals surface area contributed by atoms with Crippen molar-refractivity contribution in [2.75, 3.05) is 31.7 Å². The van der Waals surface area contributed by atoms with Gasteiger partial charge in [-0.2, -0.15) is 0 Å². The minimum absolute atomic E-state index is 0.325. The van der Waals surface area contributed by atoms with Gasteiger partial charge in [-0.05, 0) is 48.7 Å². The molecule has 25 heavy (non-hydrogen) atoms. The van der Waals surface area contributed by atoms with Crippen LogP contribution in [-0.2, 0) is 15.9 Å². The van der Waals surface area contributed by atoms with Crippen molar-refractivity contribution in [2.45, 2.75) is 12.8 Å². The van der Waals surface area contributed by atoms with Gasteiger partial charge in [0.1, 0.15) is 6.61 Å². The minimum atomic E-state index is -0.427. The van der Waals surface area contributed by atoms with Gasteiger partial charge in [0, 0.05) is 12.2 Å².